The summed E-state index contributed by atoms with van der Waals surface area (Å²) in [5.41, 5.74) is -0.0946. The van der Waals surface area contributed by atoms with Gasteiger partial charge in [0.15, 0.2) is 0 Å². The van der Waals surface area contributed by atoms with E-state index in [1.165, 1.54) is 12.1 Å². The van der Waals surface area contributed by atoms with E-state index in [-0.39, 0.29) is 11.4 Å². The van der Waals surface area contributed by atoms with Crippen molar-refractivity contribution in [1.29, 1.82) is 0 Å². The van der Waals surface area contributed by atoms with Crippen LogP contribution < -0.4 is 0 Å². The highest BCUT2D eigenvalue weighted by molar-refractivity contribution is 8.25. The number of hydrogen-bond donors (Lipinski definition) is 0. The minimum absolute atomic E-state index is 0.232. The SMILES string of the molecule is O=[N+]([O-])c1ccc(C=C2SCCS2)c([N+](=O)[O-])c1. The molecule has 0 amide bonds. The van der Waals surface area contributed by atoms with Crippen molar-refractivity contribution in [2.75, 3.05) is 11.5 Å². The maximum absolute atomic E-state index is 10.9. The summed E-state index contributed by atoms with van der Waals surface area (Å²) in [4.78, 5) is 20.3. The average Bonchev–Trinajstić information content (AvgIpc) is 2.81. The number of non-ortho nitro benzene ring substituents is 1. The van der Waals surface area contributed by atoms with E-state index >= 15 is 0 Å². The van der Waals surface area contributed by atoms with Crippen molar-refractivity contribution in [3.63, 3.8) is 0 Å². The van der Waals surface area contributed by atoms with Gasteiger partial charge in [-0.25, -0.2) is 0 Å². The lowest BCUT2D eigenvalue weighted by Crippen LogP contribution is -1.95. The first-order valence-electron chi connectivity index (χ1n) is 4.98. The highest BCUT2D eigenvalue weighted by atomic mass is 32.2. The van der Waals surface area contributed by atoms with E-state index < -0.39 is 9.85 Å². The molecule has 94 valence electrons. The summed E-state index contributed by atoms with van der Waals surface area (Å²) in [6.07, 6.45) is 1.71. The van der Waals surface area contributed by atoms with Gasteiger partial charge >= 0.3 is 0 Å². The summed E-state index contributed by atoms with van der Waals surface area (Å²) < 4.78 is 1.01. The summed E-state index contributed by atoms with van der Waals surface area (Å²) in [7, 11) is 0. The van der Waals surface area contributed by atoms with Crippen LogP contribution in [0.25, 0.3) is 6.08 Å². The lowest BCUT2D eigenvalue weighted by molar-refractivity contribution is -0.394. The second-order valence-corrected chi connectivity index (χ2v) is 5.95. The molecule has 1 fully saturated rings. The van der Waals surface area contributed by atoms with Crippen LogP contribution in [0.5, 0.6) is 0 Å². The van der Waals surface area contributed by atoms with Gasteiger partial charge in [0.1, 0.15) is 0 Å². The van der Waals surface area contributed by atoms with E-state index in [1.807, 2.05) is 0 Å². The number of benzene rings is 1. The number of hydrogen-bond acceptors (Lipinski definition) is 6. The Morgan fingerprint density at radius 2 is 1.78 bits per heavy atom. The number of nitro benzene ring substituents is 2. The summed E-state index contributed by atoms with van der Waals surface area (Å²) in [5, 5.41) is 21.5. The maximum atomic E-state index is 10.9. The lowest BCUT2D eigenvalue weighted by atomic mass is 10.1. The molecule has 0 atom stereocenters. The molecule has 0 aliphatic carbocycles. The smallest absolute Gasteiger partial charge is 0.258 e. The quantitative estimate of drug-likeness (QED) is 0.625. The van der Waals surface area contributed by atoms with E-state index in [0.29, 0.717) is 5.56 Å². The molecule has 1 aliphatic heterocycles. The first-order chi connectivity index (χ1) is 8.58. The molecule has 0 unspecified atom stereocenters. The zero-order chi connectivity index (χ0) is 13.1. The highest BCUT2D eigenvalue weighted by Crippen LogP contribution is 2.39. The number of thioether (sulfide) groups is 2. The van der Waals surface area contributed by atoms with E-state index in [2.05, 4.69) is 0 Å². The van der Waals surface area contributed by atoms with Crippen molar-refractivity contribution in [2.45, 2.75) is 0 Å². The summed E-state index contributed by atoms with van der Waals surface area (Å²) >= 11 is 3.27. The van der Waals surface area contributed by atoms with Crippen molar-refractivity contribution < 1.29 is 9.85 Å². The van der Waals surface area contributed by atoms with Crippen LogP contribution in [-0.2, 0) is 0 Å². The molecule has 0 radical (unpaired) electrons. The van der Waals surface area contributed by atoms with E-state index in [0.717, 1.165) is 21.8 Å². The van der Waals surface area contributed by atoms with Crippen LogP contribution in [0.15, 0.2) is 22.4 Å². The summed E-state index contributed by atoms with van der Waals surface area (Å²) in [5.74, 6) is 1.97. The second kappa shape index (κ2) is 5.40. The predicted octanol–water partition coefficient (Wildman–Crippen LogP) is 3.28. The van der Waals surface area contributed by atoms with Crippen LogP contribution in [0.1, 0.15) is 5.56 Å². The molecule has 0 N–H and O–H groups in total. The van der Waals surface area contributed by atoms with Crippen LogP contribution >= 0.6 is 23.5 Å². The molecule has 8 heteroatoms. The minimum atomic E-state index is -0.636. The molecule has 2 rings (SSSR count). The van der Waals surface area contributed by atoms with Crippen LogP contribution in [0, 0.1) is 20.2 Å². The molecule has 0 bridgehead atoms. The number of rotatable bonds is 3. The van der Waals surface area contributed by atoms with Crippen LogP contribution in [0.4, 0.5) is 11.4 Å². The minimum Gasteiger partial charge on any atom is -0.258 e. The number of nitrogens with zero attached hydrogens (tertiary/aromatic N) is 2. The fourth-order valence-corrected chi connectivity index (χ4v) is 3.79. The average molecular weight is 284 g/mol. The van der Waals surface area contributed by atoms with Gasteiger partial charge in [-0.05, 0) is 12.1 Å². The van der Waals surface area contributed by atoms with Crippen molar-refractivity contribution in [1.82, 2.24) is 0 Å². The molecule has 6 nitrogen and oxygen atoms in total. The van der Waals surface area contributed by atoms with Gasteiger partial charge in [0.25, 0.3) is 11.4 Å². The zero-order valence-electron chi connectivity index (χ0n) is 9.07. The second-order valence-electron chi connectivity index (χ2n) is 3.42. The van der Waals surface area contributed by atoms with Crippen molar-refractivity contribution in [3.8, 4) is 0 Å². The lowest BCUT2D eigenvalue weighted by Gasteiger charge is -1.99. The molecule has 0 aromatic heterocycles. The predicted molar refractivity (Wildman–Crippen MR) is 72.6 cm³/mol. The Morgan fingerprint density at radius 3 is 2.33 bits per heavy atom. The third kappa shape index (κ3) is 2.82. The Morgan fingerprint density at radius 1 is 1.11 bits per heavy atom. The topological polar surface area (TPSA) is 86.3 Å². The first kappa shape index (κ1) is 12.9. The van der Waals surface area contributed by atoms with Gasteiger partial charge in [-0.15, -0.1) is 23.5 Å². The Labute approximate surface area is 111 Å². The molecule has 1 aromatic carbocycles. The molecule has 1 aliphatic rings. The van der Waals surface area contributed by atoms with Crippen molar-refractivity contribution >= 4 is 41.0 Å². The molecule has 1 saturated heterocycles. The fraction of sp³-hybridized carbons (Fsp3) is 0.200. The molecule has 18 heavy (non-hydrogen) atoms. The largest absolute Gasteiger partial charge is 0.283 e. The van der Waals surface area contributed by atoms with Crippen molar-refractivity contribution in [2.24, 2.45) is 0 Å². The molecular formula is C10H8N2O4S2. The van der Waals surface area contributed by atoms with Gasteiger partial charge in [-0.2, -0.15) is 0 Å². The molecule has 1 heterocycles. The zero-order valence-corrected chi connectivity index (χ0v) is 10.7. The van der Waals surface area contributed by atoms with Gasteiger partial charge in [0.2, 0.25) is 0 Å². The third-order valence-electron chi connectivity index (χ3n) is 2.27. The molecular weight excluding hydrogens is 276 g/mol. The Balaban J connectivity index is 2.43. The number of nitro groups is 2. The Kier molecular flexibility index (Phi) is 3.87. The van der Waals surface area contributed by atoms with Gasteiger partial charge < -0.3 is 0 Å². The van der Waals surface area contributed by atoms with Crippen LogP contribution in [0.2, 0.25) is 0 Å². The fourth-order valence-electron chi connectivity index (χ4n) is 1.46. The van der Waals surface area contributed by atoms with Gasteiger partial charge in [0.05, 0.1) is 21.5 Å². The summed E-state index contributed by atoms with van der Waals surface area (Å²) in [6.45, 7) is 0. The van der Waals surface area contributed by atoms with E-state index in [4.69, 9.17) is 0 Å². The van der Waals surface area contributed by atoms with Gasteiger partial charge in [-0.3, -0.25) is 20.2 Å². The third-order valence-corrected chi connectivity index (χ3v) is 4.85. The van der Waals surface area contributed by atoms with Crippen LogP contribution in [-0.4, -0.2) is 21.4 Å². The normalized spacial score (nSPS) is 14.6. The van der Waals surface area contributed by atoms with Crippen molar-refractivity contribution in [3.05, 3.63) is 48.2 Å². The highest BCUT2D eigenvalue weighted by Gasteiger charge is 2.19. The molecule has 1 aromatic rings. The Bertz CT molecular complexity index is 537. The standard InChI is InChI=1S/C10H8N2O4S2/c13-11(14)8-2-1-7(9(6-8)12(15)16)5-10-17-3-4-18-10/h1-2,5-6H,3-4H2. The molecule has 0 saturated carbocycles. The van der Waals surface area contributed by atoms with Crippen LogP contribution in [0.3, 0.4) is 0 Å². The monoisotopic (exact) mass is 284 g/mol. The Hall–Kier alpha value is -1.54. The molecule has 0 spiro atoms. The maximum Gasteiger partial charge on any atom is 0.283 e. The van der Waals surface area contributed by atoms with E-state index in [1.54, 1.807) is 29.6 Å². The summed E-state index contributed by atoms with van der Waals surface area (Å²) in [6, 6.07) is 3.70. The van der Waals surface area contributed by atoms with Gasteiger partial charge in [0, 0.05) is 21.8 Å². The first-order valence-corrected chi connectivity index (χ1v) is 6.95. The van der Waals surface area contributed by atoms with Gasteiger partial charge in [-0.1, -0.05) is 0 Å². The van der Waals surface area contributed by atoms with E-state index in [9.17, 15) is 20.2 Å².